The van der Waals surface area contributed by atoms with Crippen molar-refractivity contribution in [3.8, 4) is 0 Å². The zero-order valence-electron chi connectivity index (χ0n) is 17.5. The van der Waals surface area contributed by atoms with Crippen LogP contribution >= 0.6 is 0 Å². The van der Waals surface area contributed by atoms with Gasteiger partial charge in [0.25, 0.3) is 5.97 Å². The number of hydrogen-bond acceptors (Lipinski definition) is 5. The Bertz CT molecular complexity index is 373. The molecule has 0 aromatic carbocycles. The van der Waals surface area contributed by atoms with E-state index in [1.165, 1.54) is 44.9 Å². The summed E-state index contributed by atoms with van der Waals surface area (Å²) in [5.74, 6) is -5.06. The van der Waals surface area contributed by atoms with Crippen molar-refractivity contribution >= 4 is 5.97 Å². The van der Waals surface area contributed by atoms with E-state index < -0.39 is 17.9 Å². The molecule has 0 bridgehead atoms. The van der Waals surface area contributed by atoms with E-state index in [4.69, 9.17) is 4.74 Å². The first-order chi connectivity index (χ1) is 12.9. The summed E-state index contributed by atoms with van der Waals surface area (Å²) in [4.78, 5) is 11.8. The standard InChI is InChI=1S/C22H42O5/c1-3-5-6-7-8-9-10-11-12-13-14-15-16-17-18-20(22(24,25)26)21(23)27-19-4-2/h11-12,20,24-26H,3-10,13-19H2,1-2H3/b12-11-. The van der Waals surface area contributed by atoms with Crippen molar-refractivity contribution in [2.45, 2.75) is 110 Å². The summed E-state index contributed by atoms with van der Waals surface area (Å²) in [6.45, 7) is 4.31. The van der Waals surface area contributed by atoms with Gasteiger partial charge in [0, 0.05) is 0 Å². The first kappa shape index (κ1) is 26.1. The van der Waals surface area contributed by atoms with Gasteiger partial charge in [-0.3, -0.25) is 4.79 Å². The van der Waals surface area contributed by atoms with Crippen molar-refractivity contribution in [1.29, 1.82) is 0 Å². The largest absolute Gasteiger partial charge is 0.465 e. The molecule has 0 aliphatic rings. The van der Waals surface area contributed by atoms with Crippen molar-refractivity contribution in [1.82, 2.24) is 0 Å². The van der Waals surface area contributed by atoms with Crippen LogP contribution in [-0.4, -0.2) is 33.9 Å². The molecule has 5 heteroatoms. The molecule has 0 aromatic heterocycles. The van der Waals surface area contributed by atoms with Crippen LogP contribution in [0.1, 0.15) is 104 Å². The van der Waals surface area contributed by atoms with Crippen molar-refractivity contribution in [3.05, 3.63) is 12.2 Å². The van der Waals surface area contributed by atoms with Gasteiger partial charge < -0.3 is 20.1 Å². The zero-order valence-corrected chi connectivity index (χ0v) is 17.5. The lowest BCUT2D eigenvalue weighted by Crippen LogP contribution is -2.43. The lowest BCUT2D eigenvalue weighted by atomic mass is 9.98. The fourth-order valence-corrected chi connectivity index (χ4v) is 3.02. The van der Waals surface area contributed by atoms with E-state index in [9.17, 15) is 20.1 Å². The van der Waals surface area contributed by atoms with Crippen LogP contribution in [0, 0.1) is 5.92 Å². The van der Waals surface area contributed by atoms with Crippen LogP contribution in [-0.2, 0) is 9.53 Å². The Balaban J connectivity index is 3.70. The van der Waals surface area contributed by atoms with E-state index in [1.807, 2.05) is 6.92 Å². The predicted octanol–water partition coefficient (Wildman–Crippen LogP) is 4.83. The van der Waals surface area contributed by atoms with Gasteiger partial charge in [-0.25, -0.2) is 0 Å². The molecular formula is C22H42O5. The van der Waals surface area contributed by atoms with Crippen LogP contribution in [0.25, 0.3) is 0 Å². The lowest BCUT2D eigenvalue weighted by molar-refractivity contribution is -0.338. The lowest BCUT2D eigenvalue weighted by Gasteiger charge is -2.24. The molecule has 0 heterocycles. The summed E-state index contributed by atoms with van der Waals surface area (Å²) in [7, 11) is 0. The molecule has 0 amide bonds. The van der Waals surface area contributed by atoms with Crippen molar-refractivity contribution < 1.29 is 24.9 Å². The minimum Gasteiger partial charge on any atom is -0.465 e. The van der Waals surface area contributed by atoms with Crippen molar-refractivity contribution in [3.63, 3.8) is 0 Å². The van der Waals surface area contributed by atoms with Crippen LogP contribution in [0.2, 0.25) is 0 Å². The normalized spacial score (nSPS) is 13.2. The van der Waals surface area contributed by atoms with Gasteiger partial charge in [-0.05, 0) is 38.5 Å². The molecule has 1 unspecified atom stereocenters. The van der Waals surface area contributed by atoms with Gasteiger partial charge in [0.1, 0.15) is 5.92 Å². The first-order valence-electron chi connectivity index (χ1n) is 10.9. The minimum atomic E-state index is -3.01. The molecule has 27 heavy (non-hydrogen) atoms. The fourth-order valence-electron chi connectivity index (χ4n) is 3.02. The molecule has 0 rings (SSSR count). The molecule has 0 aliphatic carbocycles. The number of esters is 1. The number of unbranched alkanes of at least 4 members (excludes halogenated alkanes) is 10. The average Bonchev–Trinajstić information content (AvgIpc) is 2.62. The number of aliphatic hydroxyl groups is 3. The second kappa shape index (κ2) is 17.2. The number of carbonyl (C=O) groups excluding carboxylic acids is 1. The highest BCUT2D eigenvalue weighted by Gasteiger charge is 2.38. The summed E-state index contributed by atoms with van der Waals surface area (Å²) < 4.78 is 4.92. The van der Waals surface area contributed by atoms with E-state index in [1.54, 1.807) is 0 Å². The quantitative estimate of drug-likeness (QED) is 0.136. The van der Waals surface area contributed by atoms with Gasteiger partial charge in [0.05, 0.1) is 6.61 Å². The molecule has 0 saturated heterocycles. The van der Waals surface area contributed by atoms with E-state index >= 15 is 0 Å². The predicted molar refractivity (Wildman–Crippen MR) is 109 cm³/mol. The van der Waals surface area contributed by atoms with Crippen LogP contribution in [0.4, 0.5) is 0 Å². The maximum Gasteiger partial charge on any atom is 0.317 e. The van der Waals surface area contributed by atoms with Gasteiger partial charge in [0.2, 0.25) is 0 Å². The highest BCUT2D eigenvalue weighted by Crippen LogP contribution is 2.21. The Morgan fingerprint density at radius 2 is 1.33 bits per heavy atom. The molecule has 0 fully saturated rings. The summed E-state index contributed by atoms with van der Waals surface area (Å²) in [5.41, 5.74) is 0. The Morgan fingerprint density at radius 1 is 0.815 bits per heavy atom. The third-order valence-electron chi connectivity index (χ3n) is 4.71. The Kier molecular flexibility index (Phi) is 16.6. The SMILES string of the molecule is CCCCCCCC/C=C\CCCCCCC(C(=O)OCCC)C(O)(O)O. The summed E-state index contributed by atoms with van der Waals surface area (Å²) in [5, 5.41) is 28.1. The van der Waals surface area contributed by atoms with Crippen LogP contribution in [0.15, 0.2) is 12.2 Å². The van der Waals surface area contributed by atoms with Crippen LogP contribution in [0.5, 0.6) is 0 Å². The second-order valence-electron chi connectivity index (χ2n) is 7.43. The maximum atomic E-state index is 11.8. The van der Waals surface area contributed by atoms with Crippen LogP contribution < -0.4 is 0 Å². The molecule has 0 saturated carbocycles. The third kappa shape index (κ3) is 15.8. The summed E-state index contributed by atoms with van der Waals surface area (Å²) >= 11 is 0. The highest BCUT2D eigenvalue weighted by molar-refractivity contribution is 5.73. The number of allylic oxidation sites excluding steroid dienone is 2. The molecular weight excluding hydrogens is 344 g/mol. The molecule has 0 spiro atoms. The minimum absolute atomic E-state index is 0.208. The second-order valence-corrected chi connectivity index (χ2v) is 7.43. The average molecular weight is 387 g/mol. The van der Waals surface area contributed by atoms with Gasteiger partial charge in [0.15, 0.2) is 0 Å². The fraction of sp³-hybridized carbons (Fsp3) is 0.864. The third-order valence-corrected chi connectivity index (χ3v) is 4.71. The van der Waals surface area contributed by atoms with E-state index in [0.717, 1.165) is 25.7 Å². The first-order valence-corrected chi connectivity index (χ1v) is 10.9. The van der Waals surface area contributed by atoms with E-state index in [0.29, 0.717) is 12.8 Å². The zero-order chi connectivity index (χ0) is 20.4. The van der Waals surface area contributed by atoms with Gasteiger partial charge in [-0.2, -0.15) is 0 Å². The molecule has 3 N–H and O–H groups in total. The van der Waals surface area contributed by atoms with Crippen molar-refractivity contribution in [2.24, 2.45) is 5.92 Å². The Labute approximate surface area is 165 Å². The van der Waals surface area contributed by atoms with Gasteiger partial charge in [-0.15, -0.1) is 0 Å². The Morgan fingerprint density at radius 3 is 1.85 bits per heavy atom. The summed E-state index contributed by atoms with van der Waals surface area (Å²) in [6, 6.07) is 0. The topological polar surface area (TPSA) is 87.0 Å². The number of carbonyl (C=O) groups is 1. The Hall–Kier alpha value is -0.910. The molecule has 0 radical (unpaired) electrons. The van der Waals surface area contributed by atoms with E-state index in [2.05, 4.69) is 19.1 Å². The highest BCUT2D eigenvalue weighted by atomic mass is 16.7. The molecule has 160 valence electrons. The smallest absolute Gasteiger partial charge is 0.317 e. The number of hydrogen-bond donors (Lipinski definition) is 3. The summed E-state index contributed by atoms with van der Waals surface area (Å²) in [6.07, 6.45) is 19.2. The van der Waals surface area contributed by atoms with E-state index in [-0.39, 0.29) is 13.0 Å². The maximum absolute atomic E-state index is 11.8. The monoisotopic (exact) mass is 386 g/mol. The number of rotatable bonds is 18. The number of ether oxygens (including phenoxy) is 1. The van der Waals surface area contributed by atoms with Gasteiger partial charge >= 0.3 is 5.97 Å². The van der Waals surface area contributed by atoms with Crippen LogP contribution in [0.3, 0.4) is 0 Å². The van der Waals surface area contributed by atoms with Gasteiger partial charge in [-0.1, -0.05) is 77.4 Å². The van der Waals surface area contributed by atoms with Crippen molar-refractivity contribution in [2.75, 3.05) is 6.61 Å². The molecule has 5 nitrogen and oxygen atoms in total. The molecule has 1 atom stereocenters. The molecule has 0 aliphatic heterocycles. The molecule has 0 aromatic rings.